The number of esters is 1. The molecule has 2 fully saturated rings. The third-order valence-corrected chi connectivity index (χ3v) is 5.81. The molecule has 0 bridgehead atoms. The summed E-state index contributed by atoms with van der Waals surface area (Å²) in [5, 5.41) is 3.28. The second kappa shape index (κ2) is 8.14. The maximum Gasteiger partial charge on any atom is 0.344 e. The van der Waals surface area contributed by atoms with E-state index in [2.05, 4.69) is 10.7 Å². The Hall–Kier alpha value is -2.03. The van der Waals surface area contributed by atoms with E-state index in [4.69, 9.17) is 39.5 Å². The van der Waals surface area contributed by atoms with E-state index in [1.165, 1.54) is 12.1 Å². The molecule has 1 aromatic carbocycles. The van der Waals surface area contributed by atoms with Gasteiger partial charge in [0.1, 0.15) is 5.54 Å². The highest BCUT2D eigenvalue weighted by molar-refractivity contribution is 6.46. The molecule has 11 heteroatoms. The van der Waals surface area contributed by atoms with Crippen LogP contribution < -0.4 is 10.7 Å². The van der Waals surface area contributed by atoms with Crippen LogP contribution in [0.2, 0.25) is 15.1 Å². The lowest BCUT2D eigenvalue weighted by molar-refractivity contribution is -0.140. The van der Waals surface area contributed by atoms with Crippen molar-refractivity contribution in [2.24, 2.45) is 0 Å². The first kappa shape index (κ1) is 20.7. The minimum absolute atomic E-state index is 0.00754. The SMILES string of the molecule is O=C(COC(=O)c1c(Cl)ccc(Cl)c1Cl)NN1C(=O)NC2(CCCCC2)C1=O. The number of rotatable bonds is 4. The topological polar surface area (TPSA) is 105 Å². The average Bonchev–Trinajstić information content (AvgIpc) is 2.88. The predicted octanol–water partition coefficient (Wildman–Crippen LogP) is 3.09. The summed E-state index contributed by atoms with van der Waals surface area (Å²) in [6, 6.07) is 2.06. The maximum absolute atomic E-state index is 12.6. The number of carbonyl (C=O) groups is 4. The van der Waals surface area contributed by atoms with Gasteiger partial charge in [0.25, 0.3) is 11.8 Å². The van der Waals surface area contributed by atoms with E-state index in [-0.39, 0.29) is 20.6 Å². The first-order chi connectivity index (χ1) is 13.2. The highest BCUT2D eigenvalue weighted by Crippen LogP contribution is 2.33. The van der Waals surface area contributed by atoms with Gasteiger partial charge in [-0.1, -0.05) is 54.1 Å². The van der Waals surface area contributed by atoms with Gasteiger partial charge in [-0.25, -0.2) is 9.59 Å². The molecule has 8 nitrogen and oxygen atoms in total. The second-order valence-corrected chi connectivity index (χ2v) is 7.74. The lowest BCUT2D eigenvalue weighted by atomic mass is 9.82. The number of carbonyl (C=O) groups excluding carboxylic acids is 4. The molecule has 0 atom stereocenters. The van der Waals surface area contributed by atoms with Crippen LogP contribution in [-0.2, 0) is 14.3 Å². The first-order valence-corrected chi connectivity index (χ1v) is 9.65. The lowest BCUT2D eigenvalue weighted by Crippen LogP contribution is -2.51. The van der Waals surface area contributed by atoms with Gasteiger partial charge in [0.15, 0.2) is 6.61 Å². The zero-order chi connectivity index (χ0) is 20.5. The van der Waals surface area contributed by atoms with Gasteiger partial charge in [-0.05, 0) is 25.0 Å². The van der Waals surface area contributed by atoms with Crippen molar-refractivity contribution in [2.75, 3.05) is 6.61 Å². The van der Waals surface area contributed by atoms with Crippen LogP contribution in [0, 0.1) is 0 Å². The Morgan fingerprint density at radius 1 is 1.11 bits per heavy atom. The number of benzene rings is 1. The van der Waals surface area contributed by atoms with Crippen LogP contribution in [0.1, 0.15) is 42.5 Å². The number of hydrazine groups is 1. The standard InChI is InChI=1S/C17H16Cl3N3O5/c18-9-4-5-10(19)13(20)12(9)14(25)28-8-11(24)22-23-15(26)17(21-16(23)27)6-2-1-3-7-17/h4-5H,1-3,6-8H2,(H,21,27)(H,22,24). The van der Waals surface area contributed by atoms with Gasteiger partial charge < -0.3 is 10.1 Å². The van der Waals surface area contributed by atoms with E-state index in [9.17, 15) is 19.2 Å². The van der Waals surface area contributed by atoms with E-state index in [1.54, 1.807) is 0 Å². The van der Waals surface area contributed by atoms with E-state index < -0.39 is 36.0 Å². The predicted molar refractivity (Wildman–Crippen MR) is 101 cm³/mol. The monoisotopic (exact) mass is 447 g/mol. The quantitative estimate of drug-likeness (QED) is 0.418. The Balaban J connectivity index is 1.60. The van der Waals surface area contributed by atoms with Crippen molar-refractivity contribution in [3.05, 3.63) is 32.8 Å². The van der Waals surface area contributed by atoms with Gasteiger partial charge in [-0.3, -0.25) is 15.0 Å². The Bertz CT molecular complexity index is 855. The number of ether oxygens (including phenoxy) is 1. The van der Waals surface area contributed by atoms with Crippen LogP contribution in [0.4, 0.5) is 4.79 Å². The molecule has 0 aromatic heterocycles. The Morgan fingerprint density at radius 2 is 1.75 bits per heavy atom. The minimum atomic E-state index is -0.971. The van der Waals surface area contributed by atoms with Crippen LogP contribution in [0.3, 0.4) is 0 Å². The molecule has 2 aliphatic rings. The van der Waals surface area contributed by atoms with Gasteiger partial charge in [-0.15, -0.1) is 0 Å². The number of imide groups is 1. The largest absolute Gasteiger partial charge is 0.452 e. The molecule has 4 amide bonds. The smallest absolute Gasteiger partial charge is 0.344 e. The number of amides is 4. The number of hydrogen-bond donors (Lipinski definition) is 2. The molecule has 1 heterocycles. The Labute approximate surface area is 175 Å². The van der Waals surface area contributed by atoms with Crippen molar-refractivity contribution in [3.63, 3.8) is 0 Å². The normalized spacial score (nSPS) is 18.2. The summed E-state index contributed by atoms with van der Waals surface area (Å²) in [6.07, 6.45) is 3.65. The average molecular weight is 449 g/mol. The number of halogens is 3. The van der Waals surface area contributed by atoms with Gasteiger partial charge in [0.2, 0.25) is 0 Å². The van der Waals surface area contributed by atoms with Crippen molar-refractivity contribution in [1.29, 1.82) is 0 Å². The van der Waals surface area contributed by atoms with Crippen molar-refractivity contribution in [1.82, 2.24) is 15.8 Å². The van der Waals surface area contributed by atoms with E-state index in [1.807, 2.05) is 0 Å². The van der Waals surface area contributed by atoms with Gasteiger partial charge in [-0.2, -0.15) is 5.01 Å². The van der Waals surface area contributed by atoms with Crippen LogP contribution >= 0.6 is 34.8 Å². The highest BCUT2D eigenvalue weighted by Gasteiger charge is 2.52. The van der Waals surface area contributed by atoms with Crippen LogP contribution in [0.5, 0.6) is 0 Å². The fraction of sp³-hybridized carbons (Fsp3) is 0.412. The molecule has 1 aromatic rings. The lowest BCUT2D eigenvalue weighted by Gasteiger charge is -2.30. The Kier molecular flexibility index (Phi) is 6.02. The molecule has 2 N–H and O–H groups in total. The number of hydrogen-bond acceptors (Lipinski definition) is 5. The van der Waals surface area contributed by atoms with Crippen LogP contribution in [0.15, 0.2) is 12.1 Å². The molecule has 1 aliphatic carbocycles. The van der Waals surface area contributed by atoms with Gasteiger partial charge in [0.05, 0.1) is 20.6 Å². The summed E-state index contributed by atoms with van der Waals surface area (Å²) in [4.78, 5) is 48.9. The first-order valence-electron chi connectivity index (χ1n) is 8.52. The fourth-order valence-corrected chi connectivity index (χ4v) is 3.97. The molecular weight excluding hydrogens is 433 g/mol. The molecule has 0 radical (unpaired) electrons. The van der Waals surface area contributed by atoms with E-state index in [0.29, 0.717) is 17.9 Å². The number of urea groups is 1. The number of nitrogens with one attached hydrogen (secondary N) is 2. The third kappa shape index (κ3) is 3.90. The number of nitrogens with zero attached hydrogens (tertiary/aromatic N) is 1. The van der Waals surface area contributed by atoms with Crippen molar-refractivity contribution >= 4 is 58.6 Å². The highest BCUT2D eigenvalue weighted by atomic mass is 35.5. The molecule has 1 spiro atoms. The molecule has 28 heavy (non-hydrogen) atoms. The maximum atomic E-state index is 12.6. The van der Waals surface area contributed by atoms with Crippen molar-refractivity contribution < 1.29 is 23.9 Å². The zero-order valence-electron chi connectivity index (χ0n) is 14.5. The molecule has 3 rings (SSSR count). The Morgan fingerprint density at radius 3 is 2.43 bits per heavy atom. The van der Waals surface area contributed by atoms with E-state index in [0.717, 1.165) is 19.3 Å². The minimum Gasteiger partial charge on any atom is -0.452 e. The van der Waals surface area contributed by atoms with E-state index >= 15 is 0 Å². The molecule has 0 unspecified atom stereocenters. The summed E-state index contributed by atoms with van der Waals surface area (Å²) in [5.41, 5.74) is 1.01. The van der Waals surface area contributed by atoms with Crippen molar-refractivity contribution in [3.8, 4) is 0 Å². The zero-order valence-corrected chi connectivity index (χ0v) is 16.8. The molecule has 1 saturated carbocycles. The summed E-state index contributed by atoms with van der Waals surface area (Å²) >= 11 is 17.7. The van der Waals surface area contributed by atoms with Gasteiger partial charge in [0, 0.05) is 0 Å². The van der Waals surface area contributed by atoms with Crippen LogP contribution in [-0.4, -0.2) is 41.0 Å². The molecule has 150 valence electrons. The summed E-state index contributed by atoms with van der Waals surface area (Å²) in [7, 11) is 0. The fourth-order valence-electron chi connectivity index (χ4n) is 3.29. The summed E-state index contributed by atoms with van der Waals surface area (Å²) in [5.74, 6) is -2.34. The third-order valence-electron chi connectivity index (χ3n) is 4.69. The molecule has 1 aliphatic heterocycles. The molecular formula is C17H16Cl3N3O5. The second-order valence-electron chi connectivity index (χ2n) is 6.54. The molecule has 1 saturated heterocycles. The van der Waals surface area contributed by atoms with Crippen LogP contribution in [0.25, 0.3) is 0 Å². The summed E-state index contributed by atoms with van der Waals surface area (Å²) < 4.78 is 4.88. The van der Waals surface area contributed by atoms with Crippen molar-refractivity contribution in [2.45, 2.75) is 37.6 Å². The summed E-state index contributed by atoms with van der Waals surface area (Å²) in [6.45, 7) is -0.748. The van der Waals surface area contributed by atoms with Gasteiger partial charge >= 0.3 is 12.0 Å².